The van der Waals surface area contributed by atoms with Crippen LogP contribution in [0.1, 0.15) is 20.9 Å². The number of thiazole rings is 1. The van der Waals surface area contributed by atoms with E-state index in [9.17, 15) is 26.7 Å². The number of alkyl halides is 5. The van der Waals surface area contributed by atoms with Gasteiger partial charge in [-0.3, -0.25) is 4.79 Å². The fourth-order valence-corrected chi connectivity index (χ4v) is 3.44. The lowest BCUT2D eigenvalue weighted by atomic mass is 9.99. The van der Waals surface area contributed by atoms with E-state index in [1.807, 2.05) is 0 Å². The van der Waals surface area contributed by atoms with Gasteiger partial charge in [-0.1, -0.05) is 65.4 Å². The quantitative estimate of drug-likeness (QED) is 0.415. The summed E-state index contributed by atoms with van der Waals surface area (Å²) < 4.78 is 65.0. The van der Waals surface area contributed by atoms with E-state index in [4.69, 9.17) is 11.6 Å². The van der Waals surface area contributed by atoms with Gasteiger partial charge in [-0.2, -0.15) is 22.0 Å². The zero-order chi connectivity index (χ0) is 18.4. The third-order valence-electron chi connectivity index (χ3n) is 3.49. The molecule has 0 fully saturated rings. The number of benzene rings is 2. The molecule has 3 aromatic rings. The molecule has 1 heterocycles. The Morgan fingerprint density at radius 3 is 2.32 bits per heavy atom. The van der Waals surface area contributed by atoms with Crippen molar-refractivity contribution < 1.29 is 26.7 Å². The molecule has 130 valence electrons. The highest BCUT2D eigenvalue weighted by Crippen LogP contribution is 2.46. The van der Waals surface area contributed by atoms with Crippen LogP contribution >= 0.6 is 22.9 Å². The van der Waals surface area contributed by atoms with Crippen LogP contribution in [-0.2, 0) is 5.92 Å². The van der Waals surface area contributed by atoms with E-state index in [1.165, 1.54) is 12.1 Å². The third kappa shape index (κ3) is 3.00. The molecule has 2 aromatic carbocycles. The minimum Gasteiger partial charge on any atom is -0.288 e. The Labute approximate surface area is 146 Å². The second kappa shape index (κ2) is 6.03. The Morgan fingerprint density at radius 1 is 1.00 bits per heavy atom. The molecule has 3 rings (SSSR count). The fraction of sp³-hybridized carbons (Fsp3) is 0.125. The molecular formula is C16H7ClF5NOS. The normalized spacial score (nSPS) is 12.6. The van der Waals surface area contributed by atoms with E-state index in [1.54, 1.807) is 30.3 Å². The standard InChI is InChI=1S/C16H7ClF5NOS/c17-14-23-13(15(18,19)16(20,21)22)12(25-14)11(24)10-7-3-5-8-4-1-2-6-9(8)10/h1-7H. The lowest BCUT2D eigenvalue weighted by Gasteiger charge is -2.18. The Balaban J connectivity index is 2.19. The maximum atomic E-state index is 13.7. The van der Waals surface area contributed by atoms with E-state index in [0.717, 1.165) is 0 Å². The number of carbonyl (C=O) groups excluding carboxylic acids is 1. The molecule has 0 radical (unpaired) electrons. The van der Waals surface area contributed by atoms with Gasteiger partial charge >= 0.3 is 12.1 Å². The van der Waals surface area contributed by atoms with Gasteiger partial charge in [0.2, 0.25) is 5.78 Å². The minimum absolute atomic E-state index is 0.00218. The molecule has 0 bridgehead atoms. The first kappa shape index (κ1) is 17.8. The molecule has 0 aliphatic heterocycles. The molecule has 1 aromatic heterocycles. The molecule has 0 spiro atoms. The van der Waals surface area contributed by atoms with Crippen LogP contribution in [0.15, 0.2) is 42.5 Å². The highest BCUT2D eigenvalue weighted by molar-refractivity contribution is 7.17. The van der Waals surface area contributed by atoms with Crippen LogP contribution in [0.3, 0.4) is 0 Å². The summed E-state index contributed by atoms with van der Waals surface area (Å²) in [6, 6.07) is 11.2. The molecule has 0 aliphatic carbocycles. The van der Waals surface area contributed by atoms with Crippen molar-refractivity contribution in [3.8, 4) is 0 Å². The first-order valence-electron chi connectivity index (χ1n) is 6.76. The molecule has 0 saturated heterocycles. The maximum absolute atomic E-state index is 13.7. The van der Waals surface area contributed by atoms with E-state index in [-0.39, 0.29) is 5.56 Å². The third-order valence-corrected chi connectivity index (χ3v) is 4.65. The summed E-state index contributed by atoms with van der Waals surface area (Å²) in [5.74, 6) is -6.27. The lowest BCUT2D eigenvalue weighted by molar-refractivity contribution is -0.290. The van der Waals surface area contributed by atoms with Crippen LogP contribution in [0.2, 0.25) is 4.47 Å². The summed E-state index contributed by atoms with van der Waals surface area (Å²) in [5.41, 5.74) is -1.68. The van der Waals surface area contributed by atoms with Gasteiger partial charge in [0.15, 0.2) is 4.47 Å². The second-order valence-electron chi connectivity index (χ2n) is 5.07. The number of ketones is 1. The van der Waals surface area contributed by atoms with Gasteiger partial charge in [0.05, 0.1) is 0 Å². The molecule has 0 saturated carbocycles. The summed E-state index contributed by atoms with van der Waals surface area (Å²) in [7, 11) is 0. The van der Waals surface area contributed by atoms with E-state index in [0.29, 0.717) is 22.1 Å². The molecule has 9 heteroatoms. The van der Waals surface area contributed by atoms with Gasteiger partial charge < -0.3 is 0 Å². The van der Waals surface area contributed by atoms with E-state index < -0.39 is 32.9 Å². The molecule has 0 N–H and O–H groups in total. The van der Waals surface area contributed by atoms with E-state index in [2.05, 4.69) is 4.98 Å². The SMILES string of the molecule is O=C(c1sc(Cl)nc1C(F)(F)C(F)(F)F)c1cccc2ccccc12. The predicted octanol–water partition coefficient (Wildman–Crippen LogP) is 5.83. The number of nitrogens with zero attached hydrogens (tertiary/aromatic N) is 1. The van der Waals surface area contributed by atoms with Crippen molar-refractivity contribution >= 4 is 39.5 Å². The molecule has 25 heavy (non-hydrogen) atoms. The van der Waals surface area contributed by atoms with Crippen molar-refractivity contribution in [3.63, 3.8) is 0 Å². The minimum atomic E-state index is -5.89. The van der Waals surface area contributed by atoms with Crippen LogP contribution < -0.4 is 0 Å². The van der Waals surface area contributed by atoms with Crippen LogP contribution in [0.5, 0.6) is 0 Å². The fourth-order valence-electron chi connectivity index (χ4n) is 2.34. The zero-order valence-electron chi connectivity index (χ0n) is 12.1. The molecule has 0 amide bonds. The molecule has 0 unspecified atom stereocenters. The topological polar surface area (TPSA) is 30.0 Å². The lowest BCUT2D eigenvalue weighted by Crippen LogP contribution is -2.35. The first-order chi connectivity index (χ1) is 11.6. The van der Waals surface area contributed by atoms with Gasteiger partial charge in [-0.05, 0) is 10.8 Å². The predicted molar refractivity (Wildman–Crippen MR) is 84.5 cm³/mol. The second-order valence-corrected chi connectivity index (χ2v) is 6.65. The number of rotatable bonds is 3. The van der Waals surface area contributed by atoms with Crippen molar-refractivity contribution in [1.82, 2.24) is 4.98 Å². The Hall–Kier alpha value is -2.06. The van der Waals surface area contributed by atoms with Gasteiger partial charge in [-0.25, -0.2) is 4.98 Å². The van der Waals surface area contributed by atoms with Gasteiger partial charge in [-0.15, -0.1) is 0 Å². The summed E-state index contributed by atoms with van der Waals surface area (Å²) >= 11 is 5.82. The molecule has 2 nitrogen and oxygen atoms in total. The summed E-state index contributed by atoms with van der Waals surface area (Å²) in [5, 5.41) is 1.08. The summed E-state index contributed by atoms with van der Waals surface area (Å²) in [6.45, 7) is 0. The van der Waals surface area contributed by atoms with Crippen molar-refractivity contribution in [2.75, 3.05) is 0 Å². The van der Waals surface area contributed by atoms with Gasteiger partial charge in [0, 0.05) is 5.56 Å². The van der Waals surface area contributed by atoms with Crippen LogP contribution in [0.25, 0.3) is 10.8 Å². The Bertz CT molecular complexity index is 961. The number of fused-ring (bicyclic) bond motifs is 1. The number of hydrogen-bond donors (Lipinski definition) is 0. The van der Waals surface area contributed by atoms with Crippen molar-refractivity contribution in [2.24, 2.45) is 0 Å². The monoisotopic (exact) mass is 391 g/mol. The highest BCUT2D eigenvalue weighted by atomic mass is 35.5. The zero-order valence-corrected chi connectivity index (χ0v) is 13.6. The molecular weight excluding hydrogens is 385 g/mol. The molecule has 0 atom stereocenters. The first-order valence-corrected chi connectivity index (χ1v) is 7.96. The average Bonchev–Trinajstić information content (AvgIpc) is 2.95. The summed E-state index contributed by atoms with van der Waals surface area (Å²) in [4.78, 5) is 14.9. The van der Waals surface area contributed by atoms with Crippen molar-refractivity contribution in [1.29, 1.82) is 0 Å². The largest absolute Gasteiger partial charge is 0.459 e. The Kier molecular flexibility index (Phi) is 4.28. The van der Waals surface area contributed by atoms with E-state index >= 15 is 0 Å². The van der Waals surface area contributed by atoms with Gasteiger partial charge in [0.25, 0.3) is 0 Å². The molecule has 0 aliphatic rings. The number of hydrogen-bond acceptors (Lipinski definition) is 3. The smallest absolute Gasteiger partial charge is 0.288 e. The summed E-state index contributed by atoms with van der Waals surface area (Å²) in [6.07, 6.45) is -5.89. The van der Waals surface area contributed by atoms with Crippen molar-refractivity contribution in [3.05, 3.63) is 63.1 Å². The van der Waals surface area contributed by atoms with Crippen LogP contribution in [0, 0.1) is 0 Å². The number of carbonyl (C=O) groups is 1. The van der Waals surface area contributed by atoms with Gasteiger partial charge in [0.1, 0.15) is 10.6 Å². The average molecular weight is 392 g/mol. The number of halogens is 6. The number of aromatic nitrogens is 1. The highest BCUT2D eigenvalue weighted by Gasteiger charge is 2.62. The Morgan fingerprint density at radius 2 is 1.64 bits per heavy atom. The van der Waals surface area contributed by atoms with Crippen LogP contribution in [-0.4, -0.2) is 16.9 Å². The van der Waals surface area contributed by atoms with Crippen LogP contribution in [0.4, 0.5) is 22.0 Å². The maximum Gasteiger partial charge on any atom is 0.459 e. The van der Waals surface area contributed by atoms with Crippen molar-refractivity contribution in [2.45, 2.75) is 12.1 Å².